The molecular formula is C15H27N3. The molecule has 0 bridgehead atoms. The van der Waals surface area contributed by atoms with Crippen molar-refractivity contribution < 1.29 is 0 Å². The summed E-state index contributed by atoms with van der Waals surface area (Å²) in [7, 11) is 3.94. The Hall–Kier alpha value is -0.900. The molecule has 0 amide bonds. The molecule has 1 aromatic carbocycles. The van der Waals surface area contributed by atoms with Gasteiger partial charge >= 0.3 is 0 Å². The molecule has 18 heavy (non-hydrogen) atoms. The number of benzene rings is 1. The van der Waals surface area contributed by atoms with Crippen molar-refractivity contribution in [1.29, 1.82) is 0 Å². The number of rotatable bonds is 7. The van der Waals surface area contributed by atoms with Crippen LogP contribution in [0, 0.1) is 0 Å². The van der Waals surface area contributed by atoms with E-state index in [4.69, 9.17) is 0 Å². The molecule has 0 aliphatic heterocycles. The van der Waals surface area contributed by atoms with E-state index in [0.717, 1.165) is 13.1 Å². The summed E-state index contributed by atoms with van der Waals surface area (Å²) in [6.45, 7) is 7.54. The Bertz CT molecular complexity index is 361. The van der Waals surface area contributed by atoms with Gasteiger partial charge < -0.3 is 10.6 Å². The van der Waals surface area contributed by atoms with Gasteiger partial charge in [-0.1, -0.05) is 39.0 Å². The molecule has 0 heterocycles. The first-order valence-electron chi connectivity index (χ1n) is 6.82. The SMILES string of the molecule is CCc1c(C(C)C)cccc1C(NC)NCNC. The second-order valence-corrected chi connectivity index (χ2v) is 4.88. The van der Waals surface area contributed by atoms with Crippen molar-refractivity contribution in [2.24, 2.45) is 0 Å². The molecule has 3 N–H and O–H groups in total. The molecule has 0 aromatic heterocycles. The minimum atomic E-state index is 0.200. The zero-order chi connectivity index (χ0) is 13.5. The number of hydrogen-bond acceptors (Lipinski definition) is 3. The Morgan fingerprint density at radius 3 is 2.28 bits per heavy atom. The third-order valence-electron chi connectivity index (χ3n) is 3.31. The summed E-state index contributed by atoms with van der Waals surface area (Å²) >= 11 is 0. The molecule has 102 valence electrons. The third-order valence-corrected chi connectivity index (χ3v) is 3.31. The predicted octanol–water partition coefficient (Wildman–Crippen LogP) is 2.36. The van der Waals surface area contributed by atoms with Crippen LogP contribution in [0.15, 0.2) is 18.2 Å². The quantitative estimate of drug-likeness (QED) is 0.649. The van der Waals surface area contributed by atoms with Gasteiger partial charge in [-0.3, -0.25) is 5.32 Å². The predicted molar refractivity (Wildman–Crippen MR) is 78.8 cm³/mol. The minimum absolute atomic E-state index is 0.200. The molecule has 1 atom stereocenters. The lowest BCUT2D eigenvalue weighted by Crippen LogP contribution is -2.37. The van der Waals surface area contributed by atoms with E-state index in [0.29, 0.717) is 5.92 Å². The summed E-state index contributed by atoms with van der Waals surface area (Å²) in [6.07, 6.45) is 1.27. The maximum atomic E-state index is 3.45. The summed E-state index contributed by atoms with van der Waals surface area (Å²) < 4.78 is 0. The Kier molecular flexibility index (Phi) is 6.33. The van der Waals surface area contributed by atoms with Gasteiger partial charge in [-0.05, 0) is 43.1 Å². The third kappa shape index (κ3) is 3.55. The highest BCUT2D eigenvalue weighted by atomic mass is 15.2. The van der Waals surface area contributed by atoms with Crippen molar-refractivity contribution >= 4 is 0 Å². The van der Waals surface area contributed by atoms with E-state index in [-0.39, 0.29) is 6.17 Å². The number of hydrogen-bond donors (Lipinski definition) is 3. The lowest BCUT2D eigenvalue weighted by molar-refractivity contribution is 0.456. The van der Waals surface area contributed by atoms with Crippen molar-refractivity contribution in [3.05, 3.63) is 34.9 Å². The van der Waals surface area contributed by atoms with Gasteiger partial charge in [0.25, 0.3) is 0 Å². The first-order valence-corrected chi connectivity index (χ1v) is 6.82. The van der Waals surface area contributed by atoms with Crippen LogP contribution in [-0.2, 0) is 6.42 Å². The van der Waals surface area contributed by atoms with Crippen LogP contribution in [0.1, 0.15) is 49.5 Å². The van der Waals surface area contributed by atoms with Crippen molar-refractivity contribution in [3.63, 3.8) is 0 Å². The monoisotopic (exact) mass is 249 g/mol. The van der Waals surface area contributed by atoms with Crippen molar-refractivity contribution in [1.82, 2.24) is 16.0 Å². The Labute approximate surface area is 111 Å². The van der Waals surface area contributed by atoms with E-state index >= 15 is 0 Å². The molecule has 0 aliphatic rings. The molecule has 0 spiro atoms. The van der Waals surface area contributed by atoms with E-state index in [1.807, 2.05) is 14.1 Å². The van der Waals surface area contributed by atoms with Crippen LogP contribution in [0.4, 0.5) is 0 Å². The normalized spacial score (nSPS) is 13.0. The molecule has 3 nitrogen and oxygen atoms in total. The van der Waals surface area contributed by atoms with Crippen LogP contribution in [0.3, 0.4) is 0 Å². The van der Waals surface area contributed by atoms with Gasteiger partial charge in [0.2, 0.25) is 0 Å². The largest absolute Gasteiger partial charge is 0.308 e. The van der Waals surface area contributed by atoms with E-state index in [9.17, 15) is 0 Å². The molecule has 0 saturated heterocycles. The molecular weight excluding hydrogens is 222 g/mol. The topological polar surface area (TPSA) is 36.1 Å². The van der Waals surface area contributed by atoms with Gasteiger partial charge in [-0.25, -0.2) is 0 Å². The molecule has 1 aromatic rings. The van der Waals surface area contributed by atoms with Crippen molar-refractivity contribution in [3.8, 4) is 0 Å². The lowest BCUT2D eigenvalue weighted by Gasteiger charge is -2.24. The fourth-order valence-electron chi connectivity index (χ4n) is 2.41. The Morgan fingerprint density at radius 2 is 1.78 bits per heavy atom. The maximum Gasteiger partial charge on any atom is 0.0845 e. The Balaban J connectivity index is 3.09. The zero-order valence-electron chi connectivity index (χ0n) is 12.3. The first kappa shape index (κ1) is 15.2. The van der Waals surface area contributed by atoms with Gasteiger partial charge in [0.1, 0.15) is 0 Å². The van der Waals surface area contributed by atoms with Crippen LogP contribution in [0.25, 0.3) is 0 Å². The zero-order valence-corrected chi connectivity index (χ0v) is 12.3. The second-order valence-electron chi connectivity index (χ2n) is 4.88. The molecule has 1 unspecified atom stereocenters. The van der Waals surface area contributed by atoms with Crippen LogP contribution >= 0.6 is 0 Å². The fraction of sp³-hybridized carbons (Fsp3) is 0.600. The number of nitrogens with one attached hydrogen (secondary N) is 3. The average molecular weight is 249 g/mol. The smallest absolute Gasteiger partial charge is 0.0845 e. The first-order chi connectivity index (χ1) is 8.65. The van der Waals surface area contributed by atoms with Gasteiger partial charge in [0, 0.05) is 6.67 Å². The maximum absolute atomic E-state index is 3.45. The summed E-state index contributed by atoms with van der Waals surface area (Å²) in [5, 5.41) is 9.92. The van der Waals surface area contributed by atoms with E-state index in [1.54, 1.807) is 0 Å². The van der Waals surface area contributed by atoms with Gasteiger partial charge in [0.15, 0.2) is 0 Å². The molecule has 0 saturated carbocycles. The van der Waals surface area contributed by atoms with Gasteiger partial charge in [-0.15, -0.1) is 0 Å². The van der Waals surface area contributed by atoms with Crippen LogP contribution < -0.4 is 16.0 Å². The minimum Gasteiger partial charge on any atom is -0.308 e. The van der Waals surface area contributed by atoms with E-state index < -0.39 is 0 Å². The highest BCUT2D eigenvalue weighted by molar-refractivity contribution is 5.38. The highest BCUT2D eigenvalue weighted by Crippen LogP contribution is 2.26. The van der Waals surface area contributed by atoms with Crippen LogP contribution in [-0.4, -0.2) is 20.8 Å². The molecule has 0 radical (unpaired) electrons. The van der Waals surface area contributed by atoms with Crippen LogP contribution in [0.2, 0.25) is 0 Å². The van der Waals surface area contributed by atoms with E-state index in [1.165, 1.54) is 16.7 Å². The summed E-state index contributed by atoms with van der Waals surface area (Å²) in [6, 6.07) is 6.63. The van der Waals surface area contributed by atoms with Crippen molar-refractivity contribution in [2.45, 2.75) is 39.3 Å². The summed E-state index contributed by atoms with van der Waals surface area (Å²) in [5.41, 5.74) is 4.29. The molecule has 0 fully saturated rings. The molecule has 3 heteroatoms. The summed E-state index contributed by atoms with van der Waals surface area (Å²) in [4.78, 5) is 0. The van der Waals surface area contributed by atoms with E-state index in [2.05, 4.69) is 54.9 Å². The molecule has 1 rings (SSSR count). The standard InChI is InChI=1S/C15H27N3/c1-6-12-13(11(2)3)8-7-9-14(12)15(17-5)18-10-16-4/h7-9,11,15-18H,6,10H2,1-5H3. The van der Waals surface area contributed by atoms with Gasteiger partial charge in [-0.2, -0.15) is 0 Å². The molecule has 0 aliphatic carbocycles. The van der Waals surface area contributed by atoms with Gasteiger partial charge in [0.05, 0.1) is 6.17 Å². The van der Waals surface area contributed by atoms with Crippen molar-refractivity contribution in [2.75, 3.05) is 20.8 Å². The van der Waals surface area contributed by atoms with Crippen LogP contribution in [0.5, 0.6) is 0 Å². The fourth-order valence-corrected chi connectivity index (χ4v) is 2.41. The summed E-state index contributed by atoms with van der Waals surface area (Å²) in [5.74, 6) is 0.571. The lowest BCUT2D eigenvalue weighted by atomic mass is 9.90. The average Bonchev–Trinajstić information content (AvgIpc) is 2.39. The second kappa shape index (κ2) is 7.52. The Morgan fingerprint density at radius 1 is 1.11 bits per heavy atom. The highest BCUT2D eigenvalue weighted by Gasteiger charge is 2.15.